The van der Waals surface area contributed by atoms with Gasteiger partial charge in [-0.1, -0.05) is 36.4 Å². The maximum absolute atomic E-state index is 12.7. The van der Waals surface area contributed by atoms with Crippen LogP contribution in [0.5, 0.6) is 5.75 Å². The number of nitrogens with zero attached hydrogens (tertiary/aromatic N) is 1. The van der Waals surface area contributed by atoms with Crippen LogP contribution in [-0.2, 0) is 6.54 Å². The number of benzene rings is 2. The Hall–Kier alpha value is -3.01. The maximum atomic E-state index is 12.7. The van der Waals surface area contributed by atoms with Gasteiger partial charge < -0.3 is 15.0 Å². The number of carbonyl (C=O) groups excluding carboxylic acids is 1. The van der Waals surface area contributed by atoms with Crippen LogP contribution in [0.1, 0.15) is 32.9 Å². The second-order valence-electron chi connectivity index (χ2n) is 6.33. The SMILES string of the molecule is Cc1ccc(NC(=O)c2cc(C)n(Cc3ccccc3)c2C)c(O)c1. The molecule has 128 valence electrons. The highest BCUT2D eigenvalue weighted by Gasteiger charge is 2.17. The third-order valence-corrected chi connectivity index (χ3v) is 4.40. The van der Waals surface area contributed by atoms with Crippen LogP contribution in [0, 0.1) is 20.8 Å². The summed E-state index contributed by atoms with van der Waals surface area (Å²) in [7, 11) is 0. The van der Waals surface area contributed by atoms with Gasteiger partial charge in [0.05, 0.1) is 11.3 Å². The molecule has 0 saturated heterocycles. The summed E-state index contributed by atoms with van der Waals surface area (Å²) >= 11 is 0. The van der Waals surface area contributed by atoms with E-state index in [1.165, 1.54) is 5.56 Å². The zero-order chi connectivity index (χ0) is 18.0. The summed E-state index contributed by atoms with van der Waals surface area (Å²) in [6.45, 7) is 6.56. The number of aromatic hydroxyl groups is 1. The number of nitrogens with one attached hydrogen (secondary N) is 1. The van der Waals surface area contributed by atoms with Crippen LogP contribution >= 0.6 is 0 Å². The molecule has 3 aromatic rings. The molecule has 4 heteroatoms. The van der Waals surface area contributed by atoms with Crippen molar-refractivity contribution in [3.63, 3.8) is 0 Å². The van der Waals surface area contributed by atoms with Gasteiger partial charge in [-0.3, -0.25) is 4.79 Å². The number of aromatic nitrogens is 1. The van der Waals surface area contributed by atoms with Gasteiger partial charge in [0.25, 0.3) is 5.91 Å². The van der Waals surface area contributed by atoms with E-state index < -0.39 is 0 Å². The van der Waals surface area contributed by atoms with Crippen molar-refractivity contribution in [1.29, 1.82) is 0 Å². The monoisotopic (exact) mass is 334 g/mol. The average molecular weight is 334 g/mol. The number of anilines is 1. The second kappa shape index (κ2) is 6.85. The average Bonchev–Trinajstić information content (AvgIpc) is 2.86. The lowest BCUT2D eigenvalue weighted by atomic mass is 10.2. The molecule has 2 aromatic carbocycles. The topological polar surface area (TPSA) is 54.3 Å². The number of amides is 1. The summed E-state index contributed by atoms with van der Waals surface area (Å²) < 4.78 is 2.12. The summed E-state index contributed by atoms with van der Waals surface area (Å²) in [6, 6.07) is 17.2. The number of hydrogen-bond acceptors (Lipinski definition) is 2. The van der Waals surface area contributed by atoms with Crippen LogP contribution in [-0.4, -0.2) is 15.6 Å². The quantitative estimate of drug-likeness (QED) is 0.694. The number of rotatable bonds is 4. The molecule has 4 nitrogen and oxygen atoms in total. The molecular formula is C21H22N2O2. The maximum Gasteiger partial charge on any atom is 0.257 e. The van der Waals surface area contributed by atoms with E-state index >= 15 is 0 Å². The Morgan fingerprint density at radius 1 is 1.04 bits per heavy atom. The van der Waals surface area contributed by atoms with Crippen LogP contribution < -0.4 is 5.32 Å². The molecule has 0 fully saturated rings. The van der Waals surface area contributed by atoms with Crippen molar-refractivity contribution in [2.24, 2.45) is 0 Å². The third-order valence-electron chi connectivity index (χ3n) is 4.40. The Bertz CT molecular complexity index is 911. The van der Waals surface area contributed by atoms with E-state index in [1.807, 2.05) is 51.1 Å². The van der Waals surface area contributed by atoms with E-state index in [0.717, 1.165) is 23.5 Å². The molecule has 0 unspecified atom stereocenters. The van der Waals surface area contributed by atoms with Gasteiger partial charge in [-0.2, -0.15) is 0 Å². The summed E-state index contributed by atoms with van der Waals surface area (Å²) in [6.07, 6.45) is 0. The minimum Gasteiger partial charge on any atom is -0.506 e. The van der Waals surface area contributed by atoms with E-state index in [4.69, 9.17) is 0 Å². The molecule has 0 spiro atoms. The Labute approximate surface area is 147 Å². The lowest BCUT2D eigenvalue weighted by Crippen LogP contribution is -2.13. The Morgan fingerprint density at radius 2 is 1.76 bits per heavy atom. The van der Waals surface area contributed by atoms with Crippen molar-refractivity contribution >= 4 is 11.6 Å². The number of aryl methyl sites for hydroxylation is 2. The van der Waals surface area contributed by atoms with E-state index in [2.05, 4.69) is 22.0 Å². The highest BCUT2D eigenvalue weighted by molar-refractivity contribution is 6.06. The molecule has 0 aliphatic carbocycles. The van der Waals surface area contributed by atoms with Crippen LogP contribution in [0.15, 0.2) is 54.6 Å². The van der Waals surface area contributed by atoms with E-state index in [-0.39, 0.29) is 11.7 Å². The summed E-state index contributed by atoms with van der Waals surface area (Å²) in [4.78, 5) is 12.7. The fourth-order valence-electron chi connectivity index (χ4n) is 2.98. The molecular weight excluding hydrogens is 312 g/mol. The highest BCUT2D eigenvalue weighted by Crippen LogP contribution is 2.25. The molecule has 0 bridgehead atoms. The number of hydrogen-bond donors (Lipinski definition) is 2. The first kappa shape index (κ1) is 16.8. The van der Waals surface area contributed by atoms with Crippen LogP contribution in [0.2, 0.25) is 0 Å². The van der Waals surface area contributed by atoms with Gasteiger partial charge in [0.2, 0.25) is 0 Å². The standard InChI is InChI=1S/C21H22N2O2/c1-14-9-10-19(20(24)11-14)22-21(25)18-12-15(2)23(16(18)3)13-17-7-5-4-6-8-17/h4-12,24H,13H2,1-3H3,(H,22,25). The van der Waals surface area contributed by atoms with Gasteiger partial charge >= 0.3 is 0 Å². The smallest absolute Gasteiger partial charge is 0.257 e. The van der Waals surface area contributed by atoms with Crippen molar-refractivity contribution in [3.8, 4) is 5.75 Å². The van der Waals surface area contributed by atoms with Gasteiger partial charge in [-0.15, -0.1) is 0 Å². The van der Waals surface area contributed by atoms with Crippen molar-refractivity contribution in [2.45, 2.75) is 27.3 Å². The Morgan fingerprint density at radius 3 is 2.44 bits per heavy atom. The summed E-state index contributed by atoms with van der Waals surface area (Å²) in [5.74, 6) is -0.141. The van der Waals surface area contributed by atoms with Gasteiger partial charge in [-0.05, 0) is 50.1 Å². The molecule has 1 amide bonds. The molecule has 0 aliphatic heterocycles. The first-order chi connectivity index (χ1) is 12.0. The zero-order valence-electron chi connectivity index (χ0n) is 14.7. The molecule has 0 saturated carbocycles. The van der Waals surface area contributed by atoms with Crippen LogP contribution in [0.3, 0.4) is 0 Å². The summed E-state index contributed by atoms with van der Waals surface area (Å²) in [5, 5.41) is 12.8. The van der Waals surface area contributed by atoms with E-state index in [0.29, 0.717) is 11.3 Å². The lowest BCUT2D eigenvalue weighted by Gasteiger charge is -2.11. The minimum atomic E-state index is -0.216. The minimum absolute atomic E-state index is 0.0754. The first-order valence-electron chi connectivity index (χ1n) is 8.27. The van der Waals surface area contributed by atoms with Crippen molar-refractivity contribution in [2.75, 3.05) is 5.32 Å². The van der Waals surface area contributed by atoms with Crippen molar-refractivity contribution in [3.05, 3.63) is 82.7 Å². The molecule has 2 N–H and O–H groups in total. The Kier molecular flexibility index (Phi) is 4.61. The van der Waals surface area contributed by atoms with E-state index in [9.17, 15) is 9.90 Å². The first-order valence-corrected chi connectivity index (χ1v) is 8.27. The third kappa shape index (κ3) is 3.58. The largest absolute Gasteiger partial charge is 0.506 e. The normalized spacial score (nSPS) is 10.7. The fourth-order valence-corrected chi connectivity index (χ4v) is 2.98. The lowest BCUT2D eigenvalue weighted by molar-refractivity contribution is 0.102. The highest BCUT2D eigenvalue weighted by atomic mass is 16.3. The molecule has 0 aliphatic rings. The molecule has 1 heterocycles. The van der Waals surface area contributed by atoms with Gasteiger partial charge in [0.15, 0.2) is 0 Å². The predicted molar refractivity (Wildman–Crippen MR) is 100 cm³/mol. The molecule has 1 aromatic heterocycles. The van der Waals surface area contributed by atoms with Crippen molar-refractivity contribution in [1.82, 2.24) is 4.57 Å². The van der Waals surface area contributed by atoms with Gasteiger partial charge in [0, 0.05) is 17.9 Å². The fraction of sp³-hybridized carbons (Fsp3) is 0.190. The van der Waals surface area contributed by atoms with Crippen LogP contribution in [0.25, 0.3) is 0 Å². The van der Waals surface area contributed by atoms with Crippen molar-refractivity contribution < 1.29 is 9.90 Å². The van der Waals surface area contributed by atoms with Crippen LogP contribution in [0.4, 0.5) is 5.69 Å². The molecule has 0 radical (unpaired) electrons. The Balaban J connectivity index is 1.85. The number of phenols is 1. The molecule has 0 atom stereocenters. The number of carbonyl (C=O) groups is 1. The predicted octanol–water partition coefficient (Wildman–Crippen LogP) is 4.42. The van der Waals surface area contributed by atoms with Gasteiger partial charge in [-0.25, -0.2) is 0 Å². The van der Waals surface area contributed by atoms with E-state index in [1.54, 1.807) is 12.1 Å². The van der Waals surface area contributed by atoms with Gasteiger partial charge in [0.1, 0.15) is 5.75 Å². The molecule has 3 rings (SSSR count). The summed E-state index contributed by atoms with van der Waals surface area (Å²) in [5.41, 5.74) is 5.10. The number of phenolic OH excluding ortho intramolecular Hbond substituents is 1. The zero-order valence-corrected chi connectivity index (χ0v) is 14.7. The molecule has 25 heavy (non-hydrogen) atoms. The second-order valence-corrected chi connectivity index (χ2v) is 6.33.